The van der Waals surface area contributed by atoms with Crippen molar-refractivity contribution < 1.29 is 14.7 Å². The van der Waals surface area contributed by atoms with Gasteiger partial charge in [0.05, 0.1) is 11.0 Å². The molecule has 0 aliphatic carbocycles. The summed E-state index contributed by atoms with van der Waals surface area (Å²) < 4.78 is 5.88. The smallest absolute Gasteiger partial charge is 0.267 e. The van der Waals surface area contributed by atoms with E-state index in [1.807, 2.05) is 72.8 Å². The Bertz CT molecular complexity index is 1150. The first kappa shape index (κ1) is 18.5. The first-order valence-corrected chi connectivity index (χ1v) is 9.12. The number of carbonyl (C=O) groups excluding carboxylic acids is 1. The number of aromatic nitrogens is 2. The van der Waals surface area contributed by atoms with Crippen LogP contribution >= 0.6 is 0 Å². The molecule has 0 saturated heterocycles. The number of nitrogens with zero attached hydrogens (tertiary/aromatic N) is 1. The third-order valence-electron chi connectivity index (χ3n) is 4.37. The molecular weight excluding hydrogens is 366 g/mol. The van der Waals surface area contributed by atoms with E-state index in [0.717, 1.165) is 39.5 Å². The van der Waals surface area contributed by atoms with E-state index in [9.17, 15) is 4.79 Å². The quantitative estimate of drug-likeness (QED) is 0.260. The predicted molar refractivity (Wildman–Crippen MR) is 111 cm³/mol. The second kappa shape index (κ2) is 8.41. The van der Waals surface area contributed by atoms with Crippen molar-refractivity contribution in [3.63, 3.8) is 0 Å². The van der Waals surface area contributed by atoms with Crippen LogP contribution in [0.3, 0.4) is 0 Å². The second-order valence-corrected chi connectivity index (χ2v) is 6.51. The summed E-state index contributed by atoms with van der Waals surface area (Å²) in [7, 11) is 0. The number of H-pyrrole nitrogens is 1. The van der Waals surface area contributed by atoms with E-state index < -0.39 is 5.91 Å². The van der Waals surface area contributed by atoms with Gasteiger partial charge in [0.2, 0.25) is 0 Å². The van der Waals surface area contributed by atoms with Crippen LogP contribution in [0.4, 0.5) is 0 Å². The Kier molecular flexibility index (Phi) is 5.36. The van der Waals surface area contributed by atoms with Crippen LogP contribution in [0.2, 0.25) is 0 Å². The minimum absolute atomic E-state index is 0.563. The summed E-state index contributed by atoms with van der Waals surface area (Å²) in [6.45, 7) is 0. The molecule has 0 atom stereocenters. The van der Waals surface area contributed by atoms with Gasteiger partial charge in [0.1, 0.15) is 17.3 Å². The number of amides is 1. The number of benzene rings is 3. The number of hydrogen-bond acceptors (Lipinski definition) is 4. The van der Waals surface area contributed by atoms with Gasteiger partial charge in [0, 0.05) is 18.6 Å². The molecule has 0 unspecified atom stereocenters. The Morgan fingerprint density at radius 2 is 1.83 bits per heavy atom. The van der Waals surface area contributed by atoms with Crippen molar-refractivity contribution in [2.45, 2.75) is 6.42 Å². The van der Waals surface area contributed by atoms with Gasteiger partial charge in [-0.05, 0) is 41.5 Å². The van der Waals surface area contributed by atoms with Crippen LogP contribution in [0.25, 0.3) is 17.1 Å². The van der Waals surface area contributed by atoms with E-state index in [1.165, 1.54) is 6.08 Å². The Balaban J connectivity index is 1.47. The Hall–Kier alpha value is -3.90. The van der Waals surface area contributed by atoms with Gasteiger partial charge in [-0.3, -0.25) is 10.0 Å². The first-order chi connectivity index (χ1) is 14.2. The van der Waals surface area contributed by atoms with Crippen LogP contribution in [0.5, 0.6) is 11.5 Å². The third-order valence-corrected chi connectivity index (χ3v) is 4.37. The molecule has 0 saturated carbocycles. The number of fused-ring (bicyclic) bond motifs is 1. The maximum absolute atomic E-state index is 11.0. The van der Waals surface area contributed by atoms with Crippen LogP contribution in [-0.2, 0) is 11.2 Å². The molecule has 1 heterocycles. The molecule has 0 aliphatic heterocycles. The fraction of sp³-hybridized carbons (Fsp3) is 0.0435. The molecule has 1 aromatic heterocycles. The minimum Gasteiger partial charge on any atom is -0.457 e. The van der Waals surface area contributed by atoms with Gasteiger partial charge >= 0.3 is 0 Å². The summed E-state index contributed by atoms with van der Waals surface area (Å²) in [5.41, 5.74) is 5.32. The molecule has 0 radical (unpaired) electrons. The number of imidazole rings is 1. The Morgan fingerprint density at radius 1 is 1.03 bits per heavy atom. The zero-order valence-electron chi connectivity index (χ0n) is 15.5. The highest BCUT2D eigenvalue weighted by Gasteiger charge is 2.06. The summed E-state index contributed by atoms with van der Waals surface area (Å²) in [4.78, 5) is 19.0. The summed E-state index contributed by atoms with van der Waals surface area (Å²) in [6.07, 6.45) is 3.55. The fourth-order valence-electron chi connectivity index (χ4n) is 2.96. The average Bonchev–Trinajstić information content (AvgIpc) is 3.15. The zero-order chi connectivity index (χ0) is 20.1. The number of carbonyl (C=O) groups is 1. The van der Waals surface area contributed by atoms with Crippen LogP contribution < -0.4 is 10.2 Å². The molecule has 3 aromatic carbocycles. The molecule has 4 rings (SSSR count). The topological polar surface area (TPSA) is 87.2 Å². The maximum atomic E-state index is 11.0. The molecule has 0 spiro atoms. The van der Waals surface area contributed by atoms with Crippen molar-refractivity contribution >= 4 is 23.0 Å². The minimum atomic E-state index is -0.563. The van der Waals surface area contributed by atoms with Crippen molar-refractivity contribution in [2.75, 3.05) is 0 Å². The first-order valence-electron chi connectivity index (χ1n) is 9.12. The molecule has 29 heavy (non-hydrogen) atoms. The van der Waals surface area contributed by atoms with Crippen LogP contribution in [0.1, 0.15) is 17.0 Å². The van der Waals surface area contributed by atoms with Crippen molar-refractivity contribution in [3.8, 4) is 11.5 Å². The Morgan fingerprint density at radius 3 is 2.59 bits per heavy atom. The average molecular weight is 385 g/mol. The van der Waals surface area contributed by atoms with Crippen LogP contribution in [-0.4, -0.2) is 21.1 Å². The fourth-order valence-corrected chi connectivity index (χ4v) is 2.96. The van der Waals surface area contributed by atoms with Gasteiger partial charge in [-0.1, -0.05) is 42.5 Å². The molecule has 4 aromatic rings. The van der Waals surface area contributed by atoms with Crippen LogP contribution in [0.15, 0.2) is 78.9 Å². The van der Waals surface area contributed by atoms with E-state index >= 15 is 0 Å². The zero-order valence-corrected chi connectivity index (χ0v) is 15.5. The second-order valence-electron chi connectivity index (χ2n) is 6.51. The SMILES string of the molecule is O=C(C=Cc1ccc(Cc2nc3ccc(Oc4ccccc4)cc3[nH]2)cc1)NO. The largest absolute Gasteiger partial charge is 0.457 e. The lowest BCUT2D eigenvalue weighted by atomic mass is 10.1. The van der Waals surface area contributed by atoms with Gasteiger partial charge in [0.15, 0.2) is 0 Å². The van der Waals surface area contributed by atoms with Gasteiger partial charge in [-0.2, -0.15) is 0 Å². The number of rotatable bonds is 6. The molecule has 1 amide bonds. The molecule has 6 nitrogen and oxygen atoms in total. The maximum Gasteiger partial charge on any atom is 0.267 e. The number of para-hydroxylation sites is 1. The van der Waals surface area contributed by atoms with E-state index in [0.29, 0.717) is 6.42 Å². The number of hydroxylamine groups is 1. The van der Waals surface area contributed by atoms with Gasteiger partial charge in [0.25, 0.3) is 5.91 Å². The third kappa shape index (κ3) is 4.69. The standard InChI is InChI=1S/C23H19N3O3/c27-23(26-28)13-10-16-6-8-17(9-7-16)14-22-24-20-12-11-19(15-21(20)25-22)29-18-4-2-1-3-5-18/h1-13,15,28H,14H2,(H,24,25)(H,26,27). The number of hydrogen-bond donors (Lipinski definition) is 3. The monoisotopic (exact) mass is 385 g/mol. The summed E-state index contributed by atoms with van der Waals surface area (Å²) in [5.74, 6) is 1.84. The van der Waals surface area contributed by atoms with Gasteiger partial charge in [-0.25, -0.2) is 10.5 Å². The lowest BCUT2D eigenvalue weighted by molar-refractivity contribution is -0.124. The van der Waals surface area contributed by atoms with Crippen molar-refractivity contribution in [3.05, 3.63) is 95.8 Å². The molecule has 6 heteroatoms. The molecular formula is C23H19N3O3. The summed E-state index contributed by atoms with van der Waals surface area (Å²) in [5, 5.41) is 8.50. The molecule has 144 valence electrons. The molecule has 0 fully saturated rings. The van der Waals surface area contributed by atoms with Gasteiger partial charge < -0.3 is 9.72 Å². The number of nitrogens with one attached hydrogen (secondary N) is 2. The van der Waals surface area contributed by atoms with E-state index in [1.54, 1.807) is 11.6 Å². The van der Waals surface area contributed by atoms with Gasteiger partial charge in [-0.15, -0.1) is 0 Å². The Labute approximate surface area is 167 Å². The molecule has 0 bridgehead atoms. The van der Waals surface area contributed by atoms with Crippen LogP contribution in [0, 0.1) is 0 Å². The lowest BCUT2D eigenvalue weighted by Gasteiger charge is -2.04. The normalized spacial score (nSPS) is 11.1. The highest BCUT2D eigenvalue weighted by molar-refractivity contribution is 5.90. The highest BCUT2D eigenvalue weighted by atomic mass is 16.5. The highest BCUT2D eigenvalue weighted by Crippen LogP contribution is 2.25. The van der Waals surface area contributed by atoms with E-state index in [-0.39, 0.29) is 0 Å². The summed E-state index contributed by atoms with van der Waals surface area (Å²) in [6, 6.07) is 23.2. The number of aromatic amines is 1. The lowest BCUT2D eigenvalue weighted by Crippen LogP contribution is -2.14. The number of ether oxygens (including phenoxy) is 1. The van der Waals surface area contributed by atoms with Crippen molar-refractivity contribution in [1.82, 2.24) is 15.4 Å². The van der Waals surface area contributed by atoms with E-state index in [2.05, 4.69) is 9.97 Å². The summed E-state index contributed by atoms with van der Waals surface area (Å²) >= 11 is 0. The van der Waals surface area contributed by atoms with Crippen molar-refractivity contribution in [2.24, 2.45) is 0 Å². The molecule has 0 aliphatic rings. The predicted octanol–water partition coefficient (Wildman–Crippen LogP) is 4.46. The van der Waals surface area contributed by atoms with Crippen molar-refractivity contribution in [1.29, 1.82) is 0 Å². The molecule has 3 N–H and O–H groups in total. The van der Waals surface area contributed by atoms with E-state index in [4.69, 9.17) is 9.94 Å².